The van der Waals surface area contributed by atoms with E-state index in [1.54, 1.807) is 17.4 Å². The number of H-pyrrole nitrogens is 1. The average Bonchev–Trinajstić information content (AvgIpc) is 2.91. The number of aromatic amines is 1. The number of benzene rings is 1. The van der Waals surface area contributed by atoms with Crippen LogP contribution in [0, 0.1) is 0 Å². The van der Waals surface area contributed by atoms with Crippen LogP contribution in [0.5, 0.6) is 0 Å². The summed E-state index contributed by atoms with van der Waals surface area (Å²) in [5.74, 6) is -1.34. The van der Waals surface area contributed by atoms with Gasteiger partial charge in [-0.25, -0.2) is 4.98 Å². The van der Waals surface area contributed by atoms with Crippen LogP contribution in [0.25, 0.3) is 0 Å². The molecule has 2 aromatic rings. The Morgan fingerprint density at radius 1 is 1.29 bits per heavy atom. The maximum Gasteiger partial charge on any atom is 0.471 e. The molecule has 2 rings (SSSR count). The zero-order chi connectivity index (χ0) is 15.3. The van der Waals surface area contributed by atoms with E-state index in [0.717, 1.165) is 5.56 Å². The third kappa shape index (κ3) is 4.56. The van der Waals surface area contributed by atoms with Crippen molar-refractivity contribution in [1.29, 1.82) is 0 Å². The van der Waals surface area contributed by atoms with Gasteiger partial charge in [-0.3, -0.25) is 9.89 Å². The highest BCUT2D eigenvalue weighted by Gasteiger charge is 2.38. The molecule has 1 heterocycles. The van der Waals surface area contributed by atoms with Crippen LogP contribution < -0.4 is 10.6 Å². The quantitative estimate of drug-likeness (QED) is 0.783. The fraction of sp³-hybridized carbons (Fsp3) is 0.250. The molecule has 0 atom stereocenters. The Hall–Kier alpha value is -2.42. The number of carbonyl (C=O) groups is 1. The molecule has 0 unspecified atom stereocenters. The van der Waals surface area contributed by atoms with Crippen molar-refractivity contribution in [3.05, 3.63) is 42.0 Å². The molecule has 6 nitrogen and oxygen atoms in total. The fourth-order valence-corrected chi connectivity index (χ4v) is 1.60. The highest BCUT2D eigenvalue weighted by molar-refractivity contribution is 5.94. The summed E-state index contributed by atoms with van der Waals surface area (Å²) in [6.45, 7) is 0.857. The molecule has 1 aromatic carbocycles. The van der Waals surface area contributed by atoms with Crippen LogP contribution in [-0.4, -0.2) is 27.3 Å². The van der Waals surface area contributed by atoms with Gasteiger partial charge in [0.15, 0.2) is 0 Å². The van der Waals surface area contributed by atoms with Crippen LogP contribution >= 0.6 is 0 Å². The largest absolute Gasteiger partial charge is 0.471 e. The third-order valence-electron chi connectivity index (χ3n) is 2.53. The van der Waals surface area contributed by atoms with Crippen LogP contribution in [0.15, 0.2) is 30.6 Å². The van der Waals surface area contributed by atoms with Gasteiger partial charge in [0.05, 0.1) is 6.54 Å². The normalized spacial score (nSPS) is 11.4. The van der Waals surface area contributed by atoms with Gasteiger partial charge in [-0.2, -0.15) is 18.3 Å². The van der Waals surface area contributed by atoms with E-state index in [2.05, 4.69) is 20.5 Å². The Balaban J connectivity index is 1.90. The third-order valence-corrected chi connectivity index (χ3v) is 2.53. The fourth-order valence-electron chi connectivity index (χ4n) is 1.60. The predicted molar refractivity (Wildman–Crippen MR) is 68.1 cm³/mol. The number of hydrogen-bond acceptors (Lipinski definition) is 4. The van der Waals surface area contributed by atoms with Gasteiger partial charge < -0.3 is 10.6 Å². The van der Waals surface area contributed by atoms with Crippen molar-refractivity contribution in [3.63, 3.8) is 0 Å². The first-order valence-electron chi connectivity index (χ1n) is 5.97. The summed E-state index contributed by atoms with van der Waals surface area (Å²) in [5.41, 5.74) is 0.825. The minimum atomic E-state index is -4.90. The highest BCUT2D eigenvalue weighted by atomic mass is 19.4. The predicted octanol–water partition coefficient (Wildman–Crippen LogP) is 1.60. The van der Waals surface area contributed by atoms with Crippen molar-refractivity contribution in [1.82, 2.24) is 20.5 Å². The van der Waals surface area contributed by atoms with Gasteiger partial charge in [0.25, 0.3) is 0 Å². The van der Waals surface area contributed by atoms with Gasteiger partial charge >= 0.3 is 12.1 Å². The molecule has 0 aliphatic heterocycles. The van der Waals surface area contributed by atoms with E-state index in [1.807, 2.05) is 0 Å². The lowest BCUT2D eigenvalue weighted by atomic mass is 10.2. The molecule has 0 radical (unpaired) electrons. The van der Waals surface area contributed by atoms with Crippen molar-refractivity contribution < 1.29 is 18.0 Å². The van der Waals surface area contributed by atoms with E-state index in [1.165, 1.54) is 18.5 Å². The second-order valence-electron chi connectivity index (χ2n) is 4.19. The lowest BCUT2D eigenvalue weighted by molar-refractivity contribution is -0.167. The smallest absolute Gasteiger partial charge is 0.318 e. The molecule has 0 saturated carbocycles. The molecule has 21 heavy (non-hydrogen) atoms. The Morgan fingerprint density at radius 2 is 2.10 bits per heavy atom. The average molecular weight is 299 g/mol. The van der Waals surface area contributed by atoms with E-state index in [4.69, 9.17) is 0 Å². The second kappa shape index (κ2) is 6.35. The lowest BCUT2D eigenvalue weighted by Crippen LogP contribution is -2.29. The molecule has 1 aromatic heterocycles. The van der Waals surface area contributed by atoms with E-state index in [-0.39, 0.29) is 5.69 Å². The van der Waals surface area contributed by atoms with Gasteiger partial charge in [0, 0.05) is 12.2 Å². The standard InChI is InChI=1S/C12H12F3N5O/c13-12(14,15)11(21)19-9-3-1-2-8(4-9)5-16-6-10-17-7-18-20-10/h1-4,7,16H,5-6H2,(H,19,21)(H,17,18,20). The van der Waals surface area contributed by atoms with Gasteiger partial charge in [0.2, 0.25) is 0 Å². The number of rotatable bonds is 5. The Morgan fingerprint density at radius 3 is 2.76 bits per heavy atom. The minimum absolute atomic E-state index is 0.0938. The Bertz CT molecular complexity index is 597. The molecule has 0 saturated heterocycles. The summed E-state index contributed by atoms with van der Waals surface area (Å²) < 4.78 is 36.5. The molecule has 0 fully saturated rings. The van der Waals surface area contributed by atoms with Gasteiger partial charge in [-0.05, 0) is 17.7 Å². The molecule has 112 valence electrons. The Kier molecular flexibility index (Phi) is 4.53. The monoisotopic (exact) mass is 299 g/mol. The number of carbonyl (C=O) groups excluding carboxylic acids is 1. The maximum absolute atomic E-state index is 12.2. The van der Waals surface area contributed by atoms with Gasteiger partial charge in [0.1, 0.15) is 12.2 Å². The highest BCUT2D eigenvalue weighted by Crippen LogP contribution is 2.18. The molecule has 9 heteroatoms. The molecule has 0 aliphatic carbocycles. The van der Waals surface area contributed by atoms with Crippen molar-refractivity contribution in [3.8, 4) is 0 Å². The first-order chi connectivity index (χ1) is 9.95. The first-order valence-corrected chi connectivity index (χ1v) is 5.97. The number of anilines is 1. The van der Waals surface area contributed by atoms with Crippen molar-refractivity contribution in [2.24, 2.45) is 0 Å². The van der Waals surface area contributed by atoms with Crippen LogP contribution in [0.3, 0.4) is 0 Å². The summed E-state index contributed by atoms with van der Waals surface area (Å²) in [5, 5.41) is 11.2. The SMILES string of the molecule is O=C(Nc1cccc(CNCc2ncn[nH]2)c1)C(F)(F)F. The molecule has 0 bridgehead atoms. The van der Waals surface area contributed by atoms with Crippen LogP contribution in [0.4, 0.5) is 18.9 Å². The van der Waals surface area contributed by atoms with E-state index < -0.39 is 12.1 Å². The Labute approximate surface area is 117 Å². The van der Waals surface area contributed by atoms with Crippen molar-refractivity contribution >= 4 is 11.6 Å². The second-order valence-corrected chi connectivity index (χ2v) is 4.19. The van der Waals surface area contributed by atoms with E-state index in [0.29, 0.717) is 18.9 Å². The summed E-state index contributed by atoms with van der Waals surface area (Å²) in [6, 6.07) is 6.16. The van der Waals surface area contributed by atoms with E-state index in [9.17, 15) is 18.0 Å². The molecular formula is C12H12F3N5O. The van der Waals surface area contributed by atoms with Crippen LogP contribution in [-0.2, 0) is 17.9 Å². The zero-order valence-electron chi connectivity index (χ0n) is 10.7. The number of alkyl halides is 3. The number of amides is 1. The number of aromatic nitrogens is 3. The topological polar surface area (TPSA) is 82.7 Å². The zero-order valence-corrected chi connectivity index (χ0v) is 10.7. The minimum Gasteiger partial charge on any atom is -0.318 e. The summed E-state index contributed by atoms with van der Waals surface area (Å²) in [7, 11) is 0. The first kappa shape index (κ1) is 15.0. The number of hydrogen-bond donors (Lipinski definition) is 3. The van der Waals surface area contributed by atoms with Gasteiger partial charge in [-0.15, -0.1) is 0 Å². The molecule has 3 N–H and O–H groups in total. The van der Waals surface area contributed by atoms with Gasteiger partial charge in [-0.1, -0.05) is 12.1 Å². The van der Waals surface area contributed by atoms with Crippen LogP contribution in [0.2, 0.25) is 0 Å². The summed E-state index contributed by atoms with van der Waals surface area (Å²) in [6.07, 6.45) is -3.52. The number of halogens is 3. The molecular weight excluding hydrogens is 287 g/mol. The number of nitrogens with zero attached hydrogens (tertiary/aromatic N) is 2. The maximum atomic E-state index is 12.2. The van der Waals surface area contributed by atoms with E-state index >= 15 is 0 Å². The molecule has 1 amide bonds. The molecule has 0 spiro atoms. The van der Waals surface area contributed by atoms with Crippen molar-refractivity contribution in [2.45, 2.75) is 19.3 Å². The summed E-state index contributed by atoms with van der Waals surface area (Å²) >= 11 is 0. The number of nitrogens with one attached hydrogen (secondary N) is 3. The summed E-state index contributed by atoms with van der Waals surface area (Å²) in [4.78, 5) is 14.8. The van der Waals surface area contributed by atoms with Crippen LogP contribution in [0.1, 0.15) is 11.4 Å². The van der Waals surface area contributed by atoms with Crippen molar-refractivity contribution in [2.75, 3.05) is 5.32 Å². The lowest BCUT2D eigenvalue weighted by Gasteiger charge is -2.09. The molecule has 0 aliphatic rings.